The van der Waals surface area contributed by atoms with Crippen LogP contribution in [-0.2, 0) is 4.79 Å². The molecule has 0 aliphatic heterocycles. The van der Waals surface area contributed by atoms with Gasteiger partial charge in [0.1, 0.15) is 6.04 Å². The van der Waals surface area contributed by atoms with Crippen molar-refractivity contribution in [2.45, 2.75) is 44.7 Å². The van der Waals surface area contributed by atoms with Crippen molar-refractivity contribution < 1.29 is 9.59 Å². The van der Waals surface area contributed by atoms with E-state index in [1.165, 1.54) is 29.1 Å². The van der Waals surface area contributed by atoms with Crippen molar-refractivity contribution >= 4 is 34.5 Å². The molecule has 2 atom stereocenters. The summed E-state index contributed by atoms with van der Waals surface area (Å²) in [4.78, 5) is 26.5. The molecular formula is C18H22N2O2S2. The van der Waals surface area contributed by atoms with Crippen molar-refractivity contribution in [3.8, 4) is 0 Å². The molecule has 1 saturated carbocycles. The Balaban J connectivity index is 1.63. The lowest BCUT2D eigenvalue weighted by molar-refractivity contribution is -0.123. The van der Waals surface area contributed by atoms with Gasteiger partial charge in [-0.25, -0.2) is 0 Å². The molecule has 1 fully saturated rings. The Bertz CT molecular complexity index is 661. The summed E-state index contributed by atoms with van der Waals surface area (Å²) in [5.41, 5.74) is 0. The number of hydrogen-bond donors (Lipinski definition) is 2. The number of nitrogens with one attached hydrogen (secondary N) is 2. The second-order valence-corrected chi connectivity index (χ2v) is 8.15. The summed E-state index contributed by atoms with van der Waals surface area (Å²) in [5, 5.41) is 9.86. The lowest BCUT2D eigenvalue weighted by Crippen LogP contribution is -2.46. The molecule has 4 nitrogen and oxygen atoms in total. The molecule has 0 aromatic carbocycles. The second kappa shape index (κ2) is 7.94. The van der Waals surface area contributed by atoms with Gasteiger partial charge in [-0.3, -0.25) is 9.59 Å². The third kappa shape index (κ3) is 4.05. The standard InChI is InChI=1S/C18H22N2O2S2/c1-12(19-18(22)15-9-5-11-24-15)17(21)20-16(13-6-2-3-7-13)14-8-4-10-23-14/h4-5,8-13,16H,2-3,6-7H2,1H3,(H,19,22)(H,20,21)/t12-,16-/m0/s1. The van der Waals surface area contributed by atoms with E-state index < -0.39 is 6.04 Å². The molecule has 2 N–H and O–H groups in total. The summed E-state index contributed by atoms with van der Waals surface area (Å²) >= 11 is 3.06. The number of hydrogen-bond acceptors (Lipinski definition) is 4. The van der Waals surface area contributed by atoms with Gasteiger partial charge in [0.2, 0.25) is 5.91 Å². The average molecular weight is 363 g/mol. The highest BCUT2D eigenvalue weighted by atomic mass is 32.1. The molecule has 2 heterocycles. The summed E-state index contributed by atoms with van der Waals surface area (Å²) in [6.45, 7) is 1.74. The van der Waals surface area contributed by atoms with Gasteiger partial charge in [0, 0.05) is 4.88 Å². The van der Waals surface area contributed by atoms with Crippen LogP contribution in [-0.4, -0.2) is 17.9 Å². The molecule has 24 heavy (non-hydrogen) atoms. The Morgan fingerprint density at radius 3 is 2.42 bits per heavy atom. The summed E-state index contributed by atoms with van der Waals surface area (Å²) < 4.78 is 0. The molecule has 2 amide bonds. The summed E-state index contributed by atoms with van der Waals surface area (Å²) in [6, 6.07) is 7.21. The van der Waals surface area contributed by atoms with Crippen LogP contribution in [0, 0.1) is 5.92 Å². The molecular weight excluding hydrogens is 340 g/mol. The molecule has 1 aliphatic carbocycles. The van der Waals surface area contributed by atoms with E-state index in [0.29, 0.717) is 10.8 Å². The molecule has 0 unspecified atom stereocenters. The van der Waals surface area contributed by atoms with Crippen LogP contribution in [0.1, 0.15) is 53.2 Å². The number of rotatable bonds is 6. The molecule has 0 saturated heterocycles. The van der Waals surface area contributed by atoms with Crippen molar-refractivity contribution in [3.63, 3.8) is 0 Å². The highest BCUT2D eigenvalue weighted by molar-refractivity contribution is 7.12. The summed E-state index contributed by atoms with van der Waals surface area (Å²) in [6.07, 6.45) is 4.76. The second-order valence-electron chi connectivity index (χ2n) is 6.22. The lowest BCUT2D eigenvalue weighted by Gasteiger charge is -2.25. The Hall–Kier alpha value is -1.66. The van der Waals surface area contributed by atoms with Crippen molar-refractivity contribution in [1.29, 1.82) is 0 Å². The van der Waals surface area contributed by atoms with Gasteiger partial charge in [-0.1, -0.05) is 25.0 Å². The van der Waals surface area contributed by atoms with E-state index in [2.05, 4.69) is 16.7 Å². The first-order chi connectivity index (χ1) is 11.6. The van der Waals surface area contributed by atoms with Gasteiger partial charge < -0.3 is 10.6 Å². The lowest BCUT2D eigenvalue weighted by atomic mass is 9.96. The van der Waals surface area contributed by atoms with Crippen LogP contribution in [0.2, 0.25) is 0 Å². The van der Waals surface area contributed by atoms with Gasteiger partial charge in [-0.05, 0) is 48.6 Å². The predicted molar refractivity (Wildman–Crippen MR) is 98.4 cm³/mol. The zero-order valence-electron chi connectivity index (χ0n) is 13.7. The Morgan fingerprint density at radius 1 is 1.08 bits per heavy atom. The maximum absolute atomic E-state index is 12.6. The van der Waals surface area contributed by atoms with Gasteiger partial charge in [-0.15, -0.1) is 22.7 Å². The molecule has 6 heteroatoms. The maximum Gasteiger partial charge on any atom is 0.261 e. The van der Waals surface area contributed by atoms with Crippen LogP contribution in [0.25, 0.3) is 0 Å². The third-order valence-corrected chi connectivity index (χ3v) is 6.33. The van der Waals surface area contributed by atoms with Crippen LogP contribution >= 0.6 is 22.7 Å². The minimum Gasteiger partial charge on any atom is -0.346 e. The molecule has 0 radical (unpaired) electrons. The Labute approximate surface area is 150 Å². The van der Waals surface area contributed by atoms with Crippen molar-refractivity contribution in [1.82, 2.24) is 10.6 Å². The number of carbonyl (C=O) groups excluding carboxylic acids is 2. The van der Waals surface area contributed by atoms with E-state index in [9.17, 15) is 9.59 Å². The van der Waals surface area contributed by atoms with Gasteiger partial charge in [0.25, 0.3) is 5.91 Å². The molecule has 1 aliphatic rings. The zero-order valence-corrected chi connectivity index (χ0v) is 15.3. The minimum absolute atomic E-state index is 0.0566. The SMILES string of the molecule is C[C@H](NC(=O)c1cccs1)C(=O)N[C@H](c1cccs1)C1CCCC1. The first kappa shape index (κ1) is 17.2. The smallest absolute Gasteiger partial charge is 0.261 e. The van der Waals surface area contributed by atoms with E-state index in [1.807, 2.05) is 22.9 Å². The van der Waals surface area contributed by atoms with Gasteiger partial charge in [-0.2, -0.15) is 0 Å². The minimum atomic E-state index is -0.552. The van der Waals surface area contributed by atoms with Crippen molar-refractivity contribution in [2.75, 3.05) is 0 Å². The van der Waals surface area contributed by atoms with Crippen LogP contribution in [0.4, 0.5) is 0 Å². The molecule has 0 bridgehead atoms. The number of amides is 2. The van der Waals surface area contributed by atoms with Crippen molar-refractivity contribution in [3.05, 3.63) is 44.8 Å². The van der Waals surface area contributed by atoms with E-state index in [1.54, 1.807) is 24.3 Å². The van der Waals surface area contributed by atoms with Gasteiger partial charge in [0.15, 0.2) is 0 Å². The highest BCUT2D eigenvalue weighted by Crippen LogP contribution is 2.37. The first-order valence-electron chi connectivity index (χ1n) is 8.33. The van der Waals surface area contributed by atoms with E-state index in [0.717, 1.165) is 12.8 Å². The fourth-order valence-electron chi connectivity index (χ4n) is 3.20. The van der Waals surface area contributed by atoms with E-state index >= 15 is 0 Å². The quantitative estimate of drug-likeness (QED) is 0.817. The normalized spacial score (nSPS) is 17.4. The van der Waals surface area contributed by atoms with Crippen LogP contribution in [0.3, 0.4) is 0 Å². The zero-order chi connectivity index (χ0) is 16.9. The van der Waals surface area contributed by atoms with Crippen molar-refractivity contribution in [2.24, 2.45) is 5.92 Å². The van der Waals surface area contributed by atoms with Crippen LogP contribution in [0.15, 0.2) is 35.0 Å². The Morgan fingerprint density at radius 2 is 1.79 bits per heavy atom. The third-order valence-electron chi connectivity index (χ3n) is 4.50. The van der Waals surface area contributed by atoms with E-state index in [4.69, 9.17) is 0 Å². The summed E-state index contributed by atoms with van der Waals surface area (Å²) in [7, 11) is 0. The molecule has 3 rings (SSSR count). The molecule has 0 spiro atoms. The van der Waals surface area contributed by atoms with E-state index in [-0.39, 0.29) is 17.9 Å². The average Bonchev–Trinajstić information content (AvgIpc) is 3.35. The predicted octanol–water partition coefficient (Wildman–Crippen LogP) is 3.98. The van der Waals surface area contributed by atoms with Crippen LogP contribution < -0.4 is 10.6 Å². The number of thiophene rings is 2. The van der Waals surface area contributed by atoms with Crippen LogP contribution in [0.5, 0.6) is 0 Å². The molecule has 2 aromatic heterocycles. The largest absolute Gasteiger partial charge is 0.346 e. The first-order valence-corrected chi connectivity index (χ1v) is 10.1. The molecule has 128 valence electrons. The van der Waals surface area contributed by atoms with Gasteiger partial charge >= 0.3 is 0 Å². The number of carbonyl (C=O) groups is 2. The maximum atomic E-state index is 12.6. The fraction of sp³-hybridized carbons (Fsp3) is 0.444. The summed E-state index contributed by atoms with van der Waals surface area (Å²) in [5.74, 6) is 0.180. The fourth-order valence-corrected chi connectivity index (χ4v) is 4.70. The molecule has 2 aromatic rings. The highest BCUT2D eigenvalue weighted by Gasteiger charge is 2.30. The van der Waals surface area contributed by atoms with Gasteiger partial charge in [0.05, 0.1) is 10.9 Å². The monoisotopic (exact) mass is 362 g/mol. The topological polar surface area (TPSA) is 58.2 Å². The Kier molecular flexibility index (Phi) is 5.68.